The molecule has 82 valence electrons. The van der Waals surface area contributed by atoms with Crippen molar-refractivity contribution < 1.29 is 14.7 Å². The van der Waals surface area contributed by atoms with Crippen LogP contribution in [0.3, 0.4) is 0 Å². The fourth-order valence-electron chi connectivity index (χ4n) is 2.06. The van der Waals surface area contributed by atoms with E-state index in [4.69, 9.17) is 4.84 Å². The Hall–Kier alpha value is -1.88. The minimum atomic E-state index is -0.970. The third kappa shape index (κ3) is 1.22. The van der Waals surface area contributed by atoms with Gasteiger partial charge in [-0.1, -0.05) is 35.5 Å². The molecule has 1 aromatic carbocycles. The molecule has 2 aliphatic heterocycles. The van der Waals surface area contributed by atoms with Gasteiger partial charge < -0.3 is 15.3 Å². The van der Waals surface area contributed by atoms with E-state index in [2.05, 4.69) is 10.5 Å². The molecule has 3 rings (SSSR count). The number of aliphatic hydroxyl groups excluding tert-OH is 1. The van der Waals surface area contributed by atoms with E-state index in [0.29, 0.717) is 5.71 Å². The molecule has 0 bridgehead atoms. The number of amides is 1. The number of hydrogen-bond acceptors (Lipinski definition) is 4. The van der Waals surface area contributed by atoms with Crippen LogP contribution in [0.1, 0.15) is 5.56 Å². The summed E-state index contributed by atoms with van der Waals surface area (Å²) < 4.78 is 0. The Morgan fingerprint density at radius 1 is 1.31 bits per heavy atom. The monoisotopic (exact) mass is 218 g/mol. The van der Waals surface area contributed by atoms with Gasteiger partial charge in [0, 0.05) is 5.56 Å². The lowest BCUT2D eigenvalue weighted by Crippen LogP contribution is -2.31. The lowest BCUT2D eigenvalue weighted by atomic mass is 9.94. The summed E-state index contributed by atoms with van der Waals surface area (Å²) in [6.07, 6.45) is -1.56. The van der Waals surface area contributed by atoms with E-state index in [1.54, 1.807) is 0 Å². The Morgan fingerprint density at radius 2 is 2.06 bits per heavy atom. The van der Waals surface area contributed by atoms with E-state index >= 15 is 0 Å². The Bertz CT molecular complexity index is 458. The molecule has 5 nitrogen and oxygen atoms in total. The fraction of sp³-hybridized carbons (Fsp3) is 0.273. The van der Waals surface area contributed by atoms with Crippen LogP contribution in [0.15, 0.2) is 35.5 Å². The summed E-state index contributed by atoms with van der Waals surface area (Å²) in [4.78, 5) is 16.7. The topological polar surface area (TPSA) is 70.9 Å². The van der Waals surface area contributed by atoms with Crippen molar-refractivity contribution in [2.75, 3.05) is 0 Å². The smallest absolute Gasteiger partial charge is 0.235 e. The first-order chi connectivity index (χ1) is 7.77. The number of nitrogens with one attached hydrogen (secondary N) is 1. The summed E-state index contributed by atoms with van der Waals surface area (Å²) in [6, 6.07) is 9.36. The summed E-state index contributed by atoms with van der Waals surface area (Å²) in [5, 5.41) is 15.8. The van der Waals surface area contributed by atoms with Crippen molar-refractivity contribution in [3.05, 3.63) is 35.9 Å². The number of fused-ring (bicyclic) bond motifs is 1. The summed E-state index contributed by atoms with van der Waals surface area (Å²) >= 11 is 0. The fourth-order valence-corrected chi connectivity index (χ4v) is 2.06. The largest absolute Gasteiger partial charge is 0.386 e. The first-order valence-corrected chi connectivity index (χ1v) is 5.05. The second kappa shape index (κ2) is 3.31. The molecule has 2 N–H and O–H groups in total. The third-order valence-electron chi connectivity index (χ3n) is 2.85. The molecule has 0 spiro atoms. The van der Waals surface area contributed by atoms with E-state index in [1.807, 2.05) is 30.3 Å². The zero-order valence-electron chi connectivity index (χ0n) is 8.33. The van der Waals surface area contributed by atoms with Crippen LogP contribution >= 0.6 is 0 Å². The lowest BCUT2D eigenvalue weighted by molar-refractivity contribution is -0.121. The average Bonchev–Trinajstić information content (AvgIpc) is 2.84. The Labute approximate surface area is 91.7 Å². The number of oxime groups is 1. The average molecular weight is 218 g/mol. The number of nitrogens with zero attached hydrogens (tertiary/aromatic N) is 1. The number of hydrogen-bond donors (Lipinski definition) is 2. The number of carbonyl (C=O) groups excluding carboxylic acids is 1. The Kier molecular flexibility index (Phi) is 1.94. The van der Waals surface area contributed by atoms with Crippen molar-refractivity contribution in [2.45, 2.75) is 12.3 Å². The summed E-state index contributed by atoms with van der Waals surface area (Å²) in [7, 11) is 0. The van der Waals surface area contributed by atoms with Crippen LogP contribution in [0.4, 0.5) is 0 Å². The molecular weight excluding hydrogens is 208 g/mol. The van der Waals surface area contributed by atoms with Gasteiger partial charge in [-0.15, -0.1) is 0 Å². The molecule has 0 radical (unpaired) electrons. The van der Waals surface area contributed by atoms with Crippen LogP contribution in [0.5, 0.6) is 0 Å². The van der Waals surface area contributed by atoms with Crippen LogP contribution in [-0.4, -0.2) is 29.1 Å². The highest BCUT2D eigenvalue weighted by molar-refractivity contribution is 6.15. The van der Waals surface area contributed by atoms with Gasteiger partial charge in [0.1, 0.15) is 11.6 Å². The highest BCUT2D eigenvalue weighted by Crippen LogP contribution is 2.29. The maximum absolute atomic E-state index is 11.6. The molecule has 5 heteroatoms. The maximum atomic E-state index is 11.6. The van der Waals surface area contributed by atoms with Gasteiger partial charge in [-0.3, -0.25) is 4.79 Å². The predicted octanol–water partition coefficient (Wildman–Crippen LogP) is -0.146. The summed E-state index contributed by atoms with van der Waals surface area (Å²) in [6.45, 7) is 0. The van der Waals surface area contributed by atoms with Gasteiger partial charge >= 0.3 is 0 Å². The quantitative estimate of drug-likeness (QED) is 0.688. The molecule has 0 aromatic heterocycles. The molecular formula is C11H10N2O3. The highest BCUT2D eigenvalue weighted by atomic mass is 16.7. The predicted molar refractivity (Wildman–Crippen MR) is 55.5 cm³/mol. The molecule has 0 aliphatic carbocycles. The van der Waals surface area contributed by atoms with Crippen molar-refractivity contribution in [3.8, 4) is 0 Å². The molecule has 16 heavy (non-hydrogen) atoms. The molecule has 1 aromatic rings. The van der Waals surface area contributed by atoms with Crippen LogP contribution in [0.25, 0.3) is 0 Å². The Balaban J connectivity index is 1.97. The molecule has 1 amide bonds. The highest BCUT2D eigenvalue weighted by Gasteiger charge is 2.50. The van der Waals surface area contributed by atoms with Crippen molar-refractivity contribution in [3.63, 3.8) is 0 Å². The van der Waals surface area contributed by atoms with Gasteiger partial charge in [-0.25, -0.2) is 0 Å². The molecule has 1 fully saturated rings. The zero-order chi connectivity index (χ0) is 11.1. The summed E-state index contributed by atoms with van der Waals surface area (Å²) in [5.41, 5.74) is 1.43. The molecule has 0 saturated carbocycles. The number of rotatable bonds is 1. The number of aliphatic hydroxyl groups is 1. The van der Waals surface area contributed by atoms with Crippen LogP contribution in [0, 0.1) is 5.92 Å². The van der Waals surface area contributed by atoms with E-state index in [0.717, 1.165) is 5.56 Å². The second-order valence-corrected chi connectivity index (χ2v) is 3.84. The molecule has 2 aliphatic rings. The molecule has 0 unspecified atom stereocenters. The van der Waals surface area contributed by atoms with Crippen LogP contribution in [0.2, 0.25) is 0 Å². The van der Waals surface area contributed by atoms with Crippen molar-refractivity contribution in [1.82, 2.24) is 5.32 Å². The first-order valence-electron chi connectivity index (χ1n) is 5.05. The third-order valence-corrected chi connectivity index (χ3v) is 2.85. The van der Waals surface area contributed by atoms with E-state index in [9.17, 15) is 9.90 Å². The van der Waals surface area contributed by atoms with Gasteiger partial charge in [0.2, 0.25) is 5.91 Å². The van der Waals surface area contributed by atoms with Gasteiger partial charge in [-0.05, 0) is 0 Å². The van der Waals surface area contributed by atoms with E-state index in [-0.39, 0.29) is 5.91 Å². The molecule has 1 saturated heterocycles. The van der Waals surface area contributed by atoms with Crippen molar-refractivity contribution in [1.29, 1.82) is 0 Å². The van der Waals surface area contributed by atoms with E-state index in [1.165, 1.54) is 0 Å². The molecule has 2 heterocycles. The molecule has 3 atom stereocenters. The second-order valence-electron chi connectivity index (χ2n) is 3.84. The Morgan fingerprint density at radius 3 is 2.81 bits per heavy atom. The normalized spacial score (nSPS) is 31.7. The van der Waals surface area contributed by atoms with Gasteiger partial charge in [-0.2, -0.15) is 0 Å². The number of carbonyl (C=O) groups is 1. The minimum absolute atomic E-state index is 0.238. The lowest BCUT2D eigenvalue weighted by Gasteiger charge is -2.08. The maximum Gasteiger partial charge on any atom is 0.235 e. The van der Waals surface area contributed by atoms with Gasteiger partial charge in [0.25, 0.3) is 0 Å². The van der Waals surface area contributed by atoms with Crippen molar-refractivity contribution in [2.24, 2.45) is 11.1 Å². The number of benzene rings is 1. The van der Waals surface area contributed by atoms with Crippen molar-refractivity contribution >= 4 is 11.6 Å². The van der Waals surface area contributed by atoms with Crippen LogP contribution < -0.4 is 5.32 Å². The standard InChI is InChI=1S/C11H10N2O3/c14-10-7-8(6-4-2-1-3-5-6)13-16-9(7)11(15)12-10/h1-5,7,9,11,15H,(H,12,14)/t7-,9+,11-/m0/s1. The SMILES string of the molecule is O=C1N[C@@H](O)[C@@H]2ON=C(c3ccccc3)[C@H]12. The van der Waals surface area contributed by atoms with Gasteiger partial charge in [0.15, 0.2) is 12.3 Å². The van der Waals surface area contributed by atoms with Gasteiger partial charge in [0.05, 0.1) is 0 Å². The first kappa shape index (κ1) is 9.35. The van der Waals surface area contributed by atoms with E-state index < -0.39 is 18.2 Å². The summed E-state index contributed by atoms with van der Waals surface area (Å²) in [5.74, 6) is -0.741. The van der Waals surface area contributed by atoms with Crippen LogP contribution in [-0.2, 0) is 9.63 Å². The minimum Gasteiger partial charge on any atom is -0.386 e. The zero-order valence-corrected chi connectivity index (χ0v) is 8.33.